The summed E-state index contributed by atoms with van der Waals surface area (Å²) in [7, 11) is 0. The lowest BCUT2D eigenvalue weighted by Crippen LogP contribution is -2.56. The second-order valence-electron chi connectivity index (χ2n) is 6.17. The lowest BCUT2D eigenvalue weighted by molar-refractivity contribution is -0.138. The van der Waals surface area contributed by atoms with Gasteiger partial charge >= 0.3 is 12.0 Å². The van der Waals surface area contributed by atoms with Crippen LogP contribution in [0.5, 0.6) is 0 Å². The first-order chi connectivity index (χ1) is 10.0. The van der Waals surface area contributed by atoms with Crippen molar-refractivity contribution in [3.8, 4) is 0 Å². The minimum absolute atomic E-state index is 0.0845. The van der Waals surface area contributed by atoms with Crippen LogP contribution in [0.15, 0.2) is 0 Å². The van der Waals surface area contributed by atoms with Crippen LogP contribution in [0.2, 0.25) is 0 Å². The fraction of sp³-hybridized carbons (Fsp3) is 0.867. The van der Waals surface area contributed by atoms with Crippen LogP contribution in [0.25, 0.3) is 0 Å². The molecule has 2 aliphatic heterocycles. The van der Waals surface area contributed by atoms with Crippen LogP contribution in [-0.2, 0) is 9.53 Å². The lowest BCUT2D eigenvalue weighted by Gasteiger charge is -2.42. The molecule has 2 amide bonds. The van der Waals surface area contributed by atoms with E-state index in [0.717, 1.165) is 19.3 Å². The molecule has 2 atom stereocenters. The summed E-state index contributed by atoms with van der Waals surface area (Å²) in [5.41, 5.74) is 0. The van der Waals surface area contributed by atoms with Gasteiger partial charge in [-0.2, -0.15) is 0 Å². The highest BCUT2D eigenvalue weighted by Gasteiger charge is 2.33. The van der Waals surface area contributed by atoms with Crippen LogP contribution in [0.3, 0.4) is 0 Å². The molecule has 2 fully saturated rings. The molecule has 0 aliphatic carbocycles. The molecule has 120 valence electrons. The van der Waals surface area contributed by atoms with Gasteiger partial charge in [-0.05, 0) is 32.1 Å². The quantitative estimate of drug-likeness (QED) is 0.862. The summed E-state index contributed by atoms with van der Waals surface area (Å²) in [6.07, 6.45) is 2.77. The highest BCUT2D eigenvalue weighted by Crippen LogP contribution is 2.23. The molecule has 0 radical (unpaired) electrons. The zero-order valence-electron chi connectivity index (χ0n) is 13.0. The number of urea groups is 1. The molecule has 0 aromatic heterocycles. The number of likely N-dealkylation sites (tertiary alicyclic amines) is 1. The highest BCUT2D eigenvalue weighted by molar-refractivity contribution is 5.75. The molecule has 2 rings (SSSR count). The van der Waals surface area contributed by atoms with Crippen LogP contribution < -0.4 is 0 Å². The molecule has 2 unspecified atom stereocenters. The van der Waals surface area contributed by atoms with E-state index in [0.29, 0.717) is 26.2 Å². The van der Waals surface area contributed by atoms with Crippen LogP contribution in [0.1, 0.15) is 39.5 Å². The number of piperidine rings is 1. The van der Waals surface area contributed by atoms with E-state index in [1.54, 1.807) is 0 Å². The molecule has 2 aliphatic rings. The van der Waals surface area contributed by atoms with Gasteiger partial charge in [0.25, 0.3) is 0 Å². The summed E-state index contributed by atoms with van der Waals surface area (Å²) in [6.45, 7) is 6.65. The SMILES string of the molecule is CCC1COC(C)CN1C(=O)N1CCC(CC(=O)O)CC1. The van der Waals surface area contributed by atoms with E-state index in [1.807, 2.05) is 16.7 Å². The molecule has 0 aromatic carbocycles. The number of aliphatic carboxylic acids is 1. The summed E-state index contributed by atoms with van der Waals surface area (Å²) in [6, 6.07) is 0.246. The Morgan fingerprint density at radius 2 is 1.95 bits per heavy atom. The number of nitrogens with zero attached hydrogens (tertiary/aromatic N) is 2. The third kappa shape index (κ3) is 4.09. The number of hydrogen-bond donors (Lipinski definition) is 1. The average molecular weight is 298 g/mol. The van der Waals surface area contributed by atoms with Gasteiger partial charge in [0.15, 0.2) is 0 Å². The van der Waals surface area contributed by atoms with Gasteiger partial charge in [0, 0.05) is 26.1 Å². The second kappa shape index (κ2) is 7.11. The maximum atomic E-state index is 12.7. The number of ether oxygens (including phenoxy) is 1. The van der Waals surface area contributed by atoms with Crippen molar-refractivity contribution >= 4 is 12.0 Å². The maximum absolute atomic E-state index is 12.7. The van der Waals surface area contributed by atoms with Crippen LogP contribution >= 0.6 is 0 Å². The van der Waals surface area contributed by atoms with Crippen molar-refractivity contribution in [3.05, 3.63) is 0 Å². The highest BCUT2D eigenvalue weighted by atomic mass is 16.5. The van der Waals surface area contributed by atoms with Crippen molar-refractivity contribution in [2.24, 2.45) is 5.92 Å². The van der Waals surface area contributed by atoms with Crippen molar-refractivity contribution in [1.29, 1.82) is 0 Å². The molecule has 0 spiro atoms. The Balaban J connectivity index is 1.89. The standard InChI is InChI=1S/C15H26N2O4/c1-3-13-10-21-11(2)9-17(13)15(20)16-6-4-12(5-7-16)8-14(18)19/h11-13H,3-10H2,1-2H3,(H,18,19). The van der Waals surface area contributed by atoms with Crippen molar-refractivity contribution in [2.45, 2.75) is 51.7 Å². The summed E-state index contributed by atoms with van der Waals surface area (Å²) in [5, 5.41) is 8.84. The molecule has 0 aromatic rings. The average Bonchev–Trinajstić information content (AvgIpc) is 2.46. The first-order valence-electron chi connectivity index (χ1n) is 7.90. The number of carbonyl (C=O) groups is 2. The number of morpholine rings is 1. The van der Waals surface area contributed by atoms with E-state index in [2.05, 4.69) is 6.92 Å². The Labute approximate surface area is 126 Å². The first kappa shape index (κ1) is 16.1. The summed E-state index contributed by atoms with van der Waals surface area (Å²) >= 11 is 0. The lowest BCUT2D eigenvalue weighted by atomic mass is 9.94. The number of carboxylic acid groups (broad SMARTS) is 1. The Hall–Kier alpha value is -1.30. The molecule has 6 heteroatoms. The van der Waals surface area contributed by atoms with Crippen molar-refractivity contribution in [3.63, 3.8) is 0 Å². The van der Waals surface area contributed by atoms with Gasteiger partial charge in [0.2, 0.25) is 0 Å². The van der Waals surface area contributed by atoms with Gasteiger partial charge in [-0.3, -0.25) is 4.79 Å². The Bertz CT molecular complexity index is 380. The fourth-order valence-corrected chi connectivity index (χ4v) is 3.17. The van der Waals surface area contributed by atoms with E-state index in [9.17, 15) is 9.59 Å². The fourth-order valence-electron chi connectivity index (χ4n) is 3.17. The molecule has 0 bridgehead atoms. The number of hydrogen-bond acceptors (Lipinski definition) is 3. The minimum Gasteiger partial charge on any atom is -0.481 e. The van der Waals surface area contributed by atoms with Crippen molar-refractivity contribution in [2.75, 3.05) is 26.2 Å². The molecular formula is C15H26N2O4. The topological polar surface area (TPSA) is 70.1 Å². The molecular weight excluding hydrogens is 272 g/mol. The van der Waals surface area contributed by atoms with Crippen LogP contribution in [0, 0.1) is 5.92 Å². The predicted octanol–water partition coefficient (Wildman–Crippen LogP) is 1.79. The second-order valence-corrected chi connectivity index (χ2v) is 6.17. The zero-order valence-corrected chi connectivity index (χ0v) is 13.0. The number of carboxylic acids is 1. The van der Waals surface area contributed by atoms with Gasteiger partial charge in [0.1, 0.15) is 0 Å². The Morgan fingerprint density at radius 3 is 2.52 bits per heavy atom. The summed E-state index contributed by atoms with van der Waals surface area (Å²) in [5.74, 6) is -0.537. The van der Waals surface area contributed by atoms with Gasteiger partial charge in [0.05, 0.1) is 18.8 Å². The Kier molecular flexibility index (Phi) is 5.45. The molecule has 1 N–H and O–H groups in total. The number of amides is 2. The maximum Gasteiger partial charge on any atom is 0.320 e. The normalized spacial score (nSPS) is 27.7. The van der Waals surface area contributed by atoms with Gasteiger partial charge in [-0.25, -0.2) is 4.79 Å². The third-order valence-electron chi connectivity index (χ3n) is 4.53. The molecule has 0 saturated carbocycles. The van der Waals surface area contributed by atoms with E-state index in [-0.39, 0.29) is 30.5 Å². The van der Waals surface area contributed by atoms with Crippen LogP contribution in [-0.4, -0.2) is 65.3 Å². The van der Waals surface area contributed by atoms with Crippen molar-refractivity contribution in [1.82, 2.24) is 9.80 Å². The zero-order chi connectivity index (χ0) is 15.4. The first-order valence-corrected chi connectivity index (χ1v) is 7.90. The smallest absolute Gasteiger partial charge is 0.320 e. The van der Waals surface area contributed by atoms with E-state index in [4.69, 9.17) is 9.84 Å². The van der Waals surface area contributed by atoms with Crippen molar-refractivity contribution < 1.29 is 19.4 Å². The minimum atomic E-state index is -0.743. The summed E-state index contributed by atoms with van der Waals surface area (Å²) in [4.78, 5) is 27.2. The predicted molar refractivity (Wildman–Crippen MR) is 78.1 cm³/mol. The molecule has 21 heavy (non-hydrogen) atoms. The molecule has 2 saturated heterocycles. The molecule has 6 nitrogen and oxygen atoms in total. The number of rotatable bonds is 3. The monoisotopic (exact) mass is 298 g/mol. The molecule has 2 heterocycles. The van der Waals surface area contributed by atoms with Gasteiger partial charge in [-0.15, -0.1) is 0 Å². The van der Waals surface area contributed by atoms with E-state index < -0.39 is 5.97 Å². The summed E-state index contributed by atoms with van der Waals surface area (Å²) < 4.78 is 5.63. The van der Waals surface area contributed by atoms with Crippen LogP contribution in [0.4, 0.5) is 4.79 Å². The van der Waals surface area contributed by atoms with Gasteiger partial charge < -0.3 is 19.6 Å². The van der Waals surface area contributed by atoms with E-state index in [1.165, 1.54) is 0 Å². The number of carbonyl (C=O) groups excluding carboxylic acids is 1. The Morgan fingerprint density at radius 1 is 1.29 bits per heavy atom. The third-order valence-corrected chi connectivity index (χ3v) is 4.53. The largest absolute Gasteiger partial charge is 0.481 e. The van der Waals surface area contributed by atoms with Gasteiger partial charge in [-0.1, -0.05) is 6.92 Å². The van der Waals surface area contributed by atoms with E-state index >= 15 is 0 Å².